The maximum Gasteiger partial charge on any atom is 0.319 e. The largest absolute Gasteiger partial charge is 0.480 e. The number of rotatable bonds is 13. The summed E-state index contributed by atoms with van der Waals surface area (Å²) in [4.78, 5) is 21.3. The number of aliphatic carboxylic acids is 1. The van der Waals surface area contributed by atoms with E-state index in [4.69, 9.17) is 48.6 Å². The van der Waals surface area contributed by atoms with Crippen molar-refractivity contribution in [2.45, 2.75) is 87.3 Å². The van der Waals surface area contributed by atoms with Gasteiger partial charge >= 0.3 is 5.97 Å². The van der Waals surface area contributed by atoms with Crippen LogP contribution in [0, 0.1) is 0 Å². The molecule has 6 N–H and O–H groups in total. The minimum Gasteiger partial charge on any atom is -0.480 e. The molecule has 0 spiro atoms. The summed E-state index contributed by atoms with van der Waals surface area (Å²) >= 11 is 17.8. The summed E-state index contributed by atoms with van der Waals surface area (Å²) in [6.07, 6.45) is 1.23. The number of carboxylic acid groups (broad SMARTS) is 1. The van der Waals surface area contributed by atoms with Crippen molar-refractivity contribution in [3.05, 3.63) is 69.7 Å². The van der Waals surface area contributed by atoms with Gasteiger partial charge < -0.3 is 35.8 Å². The first-order valence-electron chi connectivity index (χ1n) is 14.3. The lowest BCUT2D eigenvalue weighted by molar-refractivity contribution is -0.138. The van der Waals surface area contributed by atoms with Gasteiger partial charge in [0.25, 0.3) is 0 Å². The Morgan fingerprint density at radius 3 is 1.53 bits per heavy atom. The Labute approximate surface area is 294 Å². The standard InChI is InChI=1S/C16H23BrClNO3.C9H12ClNO.C7H13BrO3/c1-16(2,3)22-10-14(17)15(21)19-13(9-20)8-11-4-6-12(18)7-5-11;10-8-3-1-7(2-4-8)5-9(11)6-12;1-7(2,3)11-4-5(8)6(9)10/h4-7,13-14,20H,8-10H2,1-3H3,(H,19,21);1-4,9,12H,5-6,11H2;5H,4H2,1-3H3,(H,9,10)/t13?,14-;;5-/m1.1/s1. The highest BCUT2D eigenvalue weighted by atomic mass is 79.9. The number of amides is 1. The summed E-state index contributed by atoms with van der Waals surface area (Å²) in [5.41, 5.74) is 7.08. The van der Waals surface area contributed by atoms with Crippen molar-refractivity contribution in [2.75, 3.05) is 26.4 Å². The van der Waals surface area contributed by atoms with Crippen LogP contribution in [0.5, 0.6) is 0 Å². The molecule has 0 aliphatic rings. The lowest BCUT2D eigenvalue weighted by Gasteiger charge is -2.23. The molecule has 0 radical (unpaired) electrons. The number of nitrogens with one attached hydrogen (secondary N) is 1. The zero-order valence-corrected chi connectivity index (χ0v) is 31.4. The van der Waals surface area contributed by atoms with Crippen LogP contribution < -0.4 is 11.1 Å². The third-order valence-corrected chi connectivity index (χ3v) is 7.33. The Balaban J connectivity index is 0.000000710. The van der Waals surface area contributed by atoms with E-state index in [0.717, 1.165) is 16.1 Å². The normalized spacial score (nSPS) is 14.1. The second-order valence-corrected chi connectivity index (χ2v) is 15.2. The highest BCUT2D eigenvalue weighted by Crippen LogP contribution is 2.14. The molecule has 4 atom stereocenters. The summed E-state index contributed by atoms with van der Waals surface area (Å²) in [6.45, 7) is 11.8. The average Bonchev–Trinajstić information content (AvgIpc) is 2.96. The number of benzene rings is 2. The predicted octanol–water partition coefficient (Wildman–Crippen LogP) is 5.79. The van der Waals surface area contributed by atoms with Crippen molar-refractivity contribution in [2.24, 2.45) is 5.73 Å². The van der Waals surface area contributed by atoms with E-state index in [1.807, 2.05) is 77.9 Å². The van der Waals surface area contributed by atoms with Crippen LogP contribution in [0.2, 0.25) is 10.0 Å². The molecule has 0 fully saturated rings. The van der Waals surface area contributed by atoms with Gasteiger partial charge in [0.15, 0.2) is 0 Å². The first kappa shape index (κ1) is 43.7. The smallest absolute Gasteiger partial charge is 0.319 e. The summed E-state index contributed by atoms with van der Waals surface area (Å²) in [5.74, 6) is -1.09. The monoisotopic (exact) mass is 800 g/mol. The number of aliphatic hydroxyl groups excluding tert-OH is 2. The fourth-order valence-corrected chi connectivity index (χ4v) is 3.79. The Morgan fingerprint density at radius 2 is 1.18 bits per heavy atom. The number of carboxylic acids is 1. The molecule has 2 rings (SSSR count). The van der Waals surface area contributed by atoms with Gasteiger partial charge in [-0.25, -0.2) is 0 Å². The molecule has 2 unspecified atom stereocenters. The Kier molecular flexibility index (Phi) is 21.7. The number of nitrogens with two attached hydrogens (primary N) is 1. The molecule has 1 amide bonds. The van der Waals surface area contributed by atoms with Crippen LogP contribution in [0.4, 0.5) is 0 Å². The molecular weight excluding hydrogens is 755 g/mol. The van der Waals surface area contributed by atoms with E-state index in [9.17, 15) is 14.7 Å². The fraction of sp³-hybridized carbons (Fsp3) is 0.562. The molecule has 0 aromatic heterocycles. The van der Waals surface area contributed by atoms with Gasteiger partial charge in [0.05, 0.1) is 43.7 Å². The first-order valence-corrected chi connectivity index (χ1v) is 16.9. The van der Waals surface area contributed by atoms with Gasteiger partial charge in [0.2, 0.25) is 5.91 Å². The van der Waals surface area contributed by atoms with Crippen molar-refractivity contribution >= 4 is 66.9 Å². The third-order valence-electron chi connectivity index (χ3n) is 5.49. The minimum atomic E-state index is -0.894. The Morgan fingerprint density at radius 1 is 0.778 bits per heavy atom. The highest BCUT2D eigenvalue weighted by molar-refractivity contribution is 9.10. The molecular formula is C32H48Br2Cl2N2O7. The predicted molar refractivity (Wildman–Crippen MR) is 189 cm³/mol. The maximum absolute atomic E-state index is 12.1. The average molecular weight is 803 g/mol. The van der Waals surface area contributed by atoms with E-state index in [1.165, 1.54) is 0 Å². The summed E-state index contributed by atoms with van der Waals surface area (Å²) in [5, 5.41) is 30.8. The van der Waals surface area contributed by atoms with Gasteiger partial charge in [0, 0.05) is 16.1 Å². The SMILES string of the molecule is CC(C)(C)OC[C@@H](Br)C(=O)NC(CO)Cc1ccc(Cl)cc1.CC(C)(C)OC[C@@H](Br)C(=O)O.NC(CO)Cc1ccc(Cl)cc1. The Bertz CT molecular complexity index is 1110. The highest BCUT2D eigenvalue weighted by Gasteiger charge is 2.22. The van der Waals surface area contributed by atoms with Gasteiger partial charge in [-0.2, -0.15) is 0 Å². The molecule has 256 valence electrons. The molecule has 0 aliphatic carbocycles. The number of alkyl halides is 2. The van der Waals surface area contributed by atoms with E-state index >= 15 is 0 Å². The summed E-state index contributed by atoms with van der Waals surface area (Å²) < 4.78 is 10.8. The quantitative estimate of drug-likeness (QED) is 0.160. The minimum absolute atomic E-state index is 0.0165. The number of hydrogen-bond acceptors (Lipinski definition) is 7. The summed E-state index contributed by atoms with van der Waals surface area (Å²) in [7, 11) is 0. The van der Waals surface area contributed by atoms with Gasteiger partial charge in [0.1, 0.15) is 9.65 Å². The van der Waals surface area contributed by atoms with Gasteiger partial charge in [-0.15, -0.1) is 0 Å². The molecule has 0 saturated heterocycles. The molecule has 45 heavy (non-hydrogen) atoms. The van der Waals surface area contributed by atoms with Crippen molar-refractivity contribution in [1.29, 1.82) is 0 Å². The second kappa shape index (κ2) is 22.3. The van der Waals surface area contributed by atoms with E-state index in [-0.39, 0.29) is 55.6 Å². The lowest BCUT2D eigenvalue weighted by Crippen LogP contribution is -2.44. The summed E-state index contributed by atoms with van der Waals surface area (Å²) in [6, 6.07) is 14.3. The van der Waals surface area contributed by atoms with Crippen LogP contribution in [0.3, 0.4) is 0 Å². The van der Waals surface area contributed by atoms with Crippen LogP contribution in [-0.4, -0.2) is 86.6 Å². The van der Waals surface area contributed by atoms with Crippen LogP contribution in [0.25, 0.3) is 0 Å². The number of hydrogen-bond donors (Lipinski definition) is 5. The van der Waals surface area contributed by atoms with E-state index in [1.54, 1.807) is 12.1 Å². The van der Waals surface area contributed by atoms with Crippen molar-refractivity contribution in [3.8, 4) is 0 Å². The van der Waals surface area contributed by atoms with E-state index in [0.29, 0.717) is 17.9 Å². The molecule has 0 bridgehead atoms. The first-order chi connectivity index (χ1) is 20.8. The molecule has 2 aromatic carbocycles. The van der Waals surface area contributed by atoms with Crippen LogP contribution in [-0.2, 0) is 31.9 Å². The van der Waals surface area contributed by atoms with Crippen molar-refractivity contribution < 1.29 is 34.4 Å². The van der Waals surface area contributed by atoms with Gasteiger partial charge in [-0.3, -0.25) is 9.59 Å². The molecule has 0 aliphatic heterocycles. The van der Waals surface area contributed by atoms with Crippen LogP contribution in [0.15, 0.2) is 48.5 Å². The number of aliphatic hydroxyl groups is 2. The number of halogens is 4. The lowest BCUT2D eigenvalue weighted by atomic mass is 10.1. The second-order valence-electron chi connectivity index (χ2n) is 12.1. The van der Waals surface area contributed by atoms with Gasteiger partial charge in [-0.05, 0) is 89.8 Å². The third kappa shape index (κ3) is 23.7. The van der Waals surface area contributed by atoms with Crippen molar-refractivity contribution in [1.82, 2.24) is 5.32 Å². The zero-order valence-electron chi connectivity index (χ0n) is 26.7. The molecule has 13 heteroatoms. The topological polar surface area (TPSA) is 151 Å². The van der Waals surface area contributed by atoms with E-state index in [2.05, 4.69) is 37.2 Å². The molecule has 2 aromatic rings. The Hall–Kier alpha value is -1.28. The van der Waals surface area contributed by atoms with Gasteiger partial charge in [-0.1, -0.05) is 79.3 Å². The number of carbonyl (C=O) groups excluding carboxylic acids is 1. The van der Waals surface area contributed by atoms with Crippen LogP contribution in [0.1, 0.15) is 52.7 Å². The zero-order chi connectivity index (χ0) is 34.8. The number of carbonyl (C=O) groups is 2. The van der Waals surface area contributed by atoms with Crippen LogP contribution >= 0.6 is 55.1 Å². The van der Waals surface area contributed by atoms with E-state index < -0.39 is 15.6 Å². The molecule has 0 saturated carbocycles. The van der Waals surface area contributed by atoms with Crippen molar-refractivity contribution in [3.63, 3.8) is 0 Å². The molecule has 0 heterocycles. The number of ether oxygens (including phenoxy) is 2. The maximum atomic E-state index is 12.1. The molecule has 9 nitrogen and oxygen atoms in total. The fourth-order valence-electron chi connectivity index (χ4n) is 3.14.